The molecule has 20 heavy (non-hydrogen) atoms. The van der Waals surface area contributed by atoms with Crippen molar-refractivity contribution in [1.29, 1.82) is 0 Å². The van der Waals surface area contributed by atoms with Crippen LogP contribution in [-0.4, -0.2) is 25.5 Å². The summed E-state index contributed by atoms with van der Waals surface area (Å²) in [6.45, 7) is 3.49. The van der Waals surface area contributed by atoms with Gasteiger partial charge in [-0.05, 0) is 50.8 Å². The van der Waals surface area contributed by atoms with Gasteiger partial charge in [-0.2, -0.15) is 0 Å². The molecule has 1 aromatic rings. The summed E-state index contributed by atoms with van der Waals surface area (Å²) in [7, 11) is 1.63. The standard InChI is InChI=1S/C16H22O4/c1-4-20-16(18)15(12(2)17)7-5-6-13-8-10-14(19-3)11-9-13/h8-11,15H,4-7H2,1-3H3. The van der Waals surface area contributed by atoms with Crippen LogP contribution in [0.5, 0.6) is 5.75 Å². The predicted molar refractivity (Wildman–Crippen MR) is 76.7 cm³/mol. The number of carbonyl (C=O) groups excluding carboxylic acids is 2. The van der Waals surface area contributed by atoms with Gasteiger partial charge in [0.1, 0.15) is 17.5 Å². The molecule has 0 aliphatic carbocycles. The molecule has 0 saturated heterocycles. The second-order valence-corrected chi connectivity index (χ2v) is 4.66. The van der Waals surface area contributed by atoms with Gasteiger partial charge < -0.3 is 9.47 Å². The Kier molecular flexibility index (Phi) is 6.77. The first kappa shape index (κ1) is 16.2. The molecule has 0 aliphatic heterocycles. The molecule has 0 spiro atoms. The van der Waals surface area contributed by atoms with Gasteiger partial charge >= 0.3 is 5.97 Å². The molecule has 0 N–H and O–H groups in total. The summed E-state index contributed by atoms with van der Waals surface area (Å²) in [5, 5.41) is 0. The SMILES string of the molecule is CCOC(=O)C(CCCc1ccc(OC)cc1)C(C)=O. The fourth-order valence-corrected chi connectivity index (χ4v) is 2.03. The number of ether oxygens (including phenoxy) is 2. The van der Waals surface area contributed by atoms with E-state index < -0.39 is 11.9 Å². The third kappa shape index (κ3) is 5.03. The molecular weight excluding hydrogens is 256 g/mol. The zero-order valence-electron chi connectivity index (χ0n) is 12.3. The molecule has 0 bridgehead atoms. The minimum atomic E-state index is -0.631. The van der Waals surface area contributed by atoms with E-state index >= 15 is 0 Å². The van der Waals surface area contributed by atoms with E-state index in [0.717, 1.165) is 24.2 Å². The van der Waals surface area contributed by atoms with E-state index in [4.69, 9.17) is 9.47 Å². The van der Waals surface area contributed by atoms with E-state index in [9.17, 15) is 9.59 Å². The smallest absolute Gasteiger partial charge is 0.316 e. The number of hydrogen-bond acceptors (Lipinski definition) is 4. The minimum Gasteiger partial charge on any atom is -0.497 e. The fraction of sp³-hybridized carbons (Fsp3) is 0.500. The lowest BCUT2D eigenvalue weighted by molar-refractivity contribution is -0.151. The van der Waals surface area contributed by atoms with E-state index in [0.29, 0.717) is 13.0 Å². The van der Waals surface area contributed by atoms with E-state index in [1.54, 1.807) is 14.0 Å². The Morgan fingerprint density at radius 1 is 1.20 bits per heavy atom. The second kappa shape index (κ2) is 8.35. The zero-order chi connectivity index (χ0) is 15.0. The van der Waals surface area contributed by atoms with Crippen LogP contribution >= 0.6 is 0 Å². The molecule has 1 atom stereocenters. The highest BCUT2D eigenvalue weighted by Gasteiger charge is 2.23. The van der Waals surface area contributed by atoms with E-state index in [1.807, 2.05) is 24.3 Å². The summed E-state index contributed by atoms with van der Waals surface area (Å²) in [4.78, 5) is 23.1. The molecule has 0 aliphatic rings. The number of hydrogen-bond donors (Lipinski definition) is 0. The number of carbonyl (C=O) groups is 2. The molecule has 4 nitrogen and oxygen atoms in total. The van der Waals surface area contributed by atoms with Gasteiger partial charge in [0, 0.05) is 0 Å². The van der Waals surface area contributed by atoms with Crippen LogP contribution in [0.2, 0.25) is 0 Å². The summed E-state index contributed by atoms with van der Waals surface area (Å²) < 4.78 is 10.0. The summed E-state index contributed by atoms with van der Waals surface area (Å²) in [6.07, 6.45) is 2.13. The maximum atomic E-state index is 11.7. The monoisotopic (exact) mass is 278 g/mol. The van der Waals surface area contributed by atoms with Crippen molar-refractivity contribution in [3.8, 4) is 5.75 Å². The van der Waals surface area contributed by atoms with Crippen LogP contribution in [0, 0.1) is 5.92 Å². The van der Waals surface area contributed by atoms with E-state index in [2.05, 4.69) is 0 Å². The number of Topliss-reactive ketones (excluding diaryl/α,β-unsaturated/α-hetero) is 1. The maximum absolute atomic E-state index is 11.7. The van der Waals surface area contributed by atoms with Gasteiger partial charge in [0.05, 0.1) is 13.7 Å². The Bertz CT molecular complexity index is 436. The largest absolute Gasteiger partial charge is 0.497 e. The van der Waals surface area contributed by atoms with Crippen molar-refractivity contribution in [3.05, 3.63) is 29.8 Å². The van der Waals surface area contributed by atoms with E-state index in [-0.39, 0.29) is 5.78 Å². The summed E-state index contributed by atoms with van der Waals surface area (Å²) in [6, 6.07) is 7.80. The van der Waals surface area contributed by atoms with Gasteiger partial charge in [0.15, 0.2) is 0 Å². The highest BCUT2D eigenvalue weighted by Crippen LogP contribution is 2.16. The Balaban J connectivity index is 2.47. The Hall–Kier alpha value is -1.84. The second-order valence-electron chi connectivity index (χ2n) is 4.66. The molecule has 0 radical (unpaired) electrons. The topological polar surface area (TPSA) is 52.6 Å². The number of ketones is 1. The molecule has 0 heterocycles. The Labute approximate surface area is 120 Å². The van der Waals surface area contributed by atoms with Crippen molar-refractivity contribution in [1.82, 2.24) is 0 Å². The minimum absolute atomic E-state index is 0.127. The number of methoxy groups -OCH3 is 1. The molecule has 4 heteroatoms. The fourth-order valence-electron chi connectivity index (χ4n) is 2.03. The lowest BCUT2D eigenvalue weighted by atomic mass is 9.96. The highest BCUT2D eigenvalue weighted by molar-refractivity contribution is 5.97. The van der Waals surface area contributed by atoms with Gasteiger partial charge in [0.2, 0.25) is 0 Å². The summed E-state index contributed by atoms with van der Waals surface area (Å²) >= 11 is 0. The number of aryl methyl sites for hydroxylation is 1. The highest BCUT2D eigenvalue weighted by atomic mass is 16.5. The molecule has 0 amide bonds. The number of rotatable bonds is 8. The lowest BCUT2D eigenvalue weighted by Gasteiger charge is -2.12. The van der Waals surface area contributed by atoms with E-state index in [1.165, 1.54) is 6.92 Å². The summed E-state index contributed by atoms with van der Waals surface area (Å²) in [5.74, 6) is -0.344. The third-order valence-corrected chi connectivity index (χ3v) is 3.18. The first-order valence-corrected chi connectivity index (χ1v) is 6.88. The third-order valence-electron chi connectivity index (χ3n) is 3.18. The number of benzene rings is 1. The van der Waals surface area contributed by atoms with Crippen LogP contribution in [0.3, 0.4) is 0 Å². The van der Waals surface area contributed by atoms with Crippen LogP contribution in [0.1, 0.15) is 32.3 Å². The van der Waals surface area contributed by atoms with Gasteiger partial charge in [-0.15, -0.1) is 0 Å². The zero-order valence-corrected chi connectivity index (χ0v) is 12.3. The Morgan fingerprint density at radius 2 is 1.85 bits per heavy atom. The van der Waals surface area contributed by atoms with Gasteiger partial charge in [-0.3, -0.25) is 9.59 Å². The average molecular weight is 278 g/mol. The van der Waals surface area contributed by atoms with Crippen molar-refractivity contribution in [2.75, 3.05) is 13.7 Å². The molecular formula is C16H22O4. The molecule has 110 valence electrons. The van der Waals surface area contributed by atoms with Crippen molar-refractivity contribution in [3.63, 3.8) is 0 Å². The normalized spacial score (nSPS) is 11.8. The van der Waals surface area contributed by atoms with Crippen LogP contribution in [0.15, 0.2) is 24.3 Å². The van der Waals surface area contributed by atoms with Crippen LogP contribution in [-0.2, 0) is 20.7 Å². The van der Waals surface area contributed by atoms with Gasteiger partial charge in [0.25, 0.3) is 0 Å². The van der Waals surface area contributed by atoms with Crippen LogP contribution < -0.4 is 4.74 Å². The molecule has 0 saturated carbocycles. The van der Waals surface area contributed by atoms with Crippen molar-refractivity contribution < 1.29 is 19.1 Å². The molecule has 1 aromatic carbocycles. The van der Waals surface area contributed by atoms with Crippen LogP contribution in [0.4, 0.5) is 0 Å². The summed E-state index contributed by atoms with van der Waals surface area (Å²) in [5.41, 5.74) is 1.16. The molecule has 0 fully saturated rings. The van der Waals surface area contributed by atoms with Crippen LogP contribution in [0.25, 0.3) is 0 Å². The molecule has 1 unspecified atom stereocenters. The lowest BCUT2D eigenvalue weighted by Crippen LogP contribution is -2.24. The van der Waals surface area contributed by atoms with Crippen molar-refractivity contribution >= 4 is 11.8 Å². The first-order valence-electron chi connectivity index (χ1n) is 6.88. The van der Waals surface area contributed by atoms with Crippen molar-refractivity contribution in [2.24, 2.45) is 5.92 Å². The Morgan fingerprint density at radius 3 is 2.35 bits per heavy atom. The van der Waals surface area contributed by atoms with Gasteiger partial charge in [-0.25, -0.2) is 0 Å². The van der Waals surface area contributed by atoms with Crippen molar-refractivity contribution in [2.45, 2.75) is 33.1 Å². The predicted octanol–water partition coefficient (Wildman–Crippen LogP) is 2.79. The average Bonchev–Trinajstić information content (AvgIpc) is 2.44. The molecule has 1 rings (SSSR count). The quantitative estimate of drug-likeness (QED) is 0.542. The molecule has 0 aromatic heterocycles. The number of esters is 1. The maximum Gasteiger partial charge on any atom is 0.316 e. The van der Waals surface area contributed by atoms with Gasteiger partial charge in [-0.1, -0.05) is 12.1 Å². The first-order chi connectivity index (χ1) is 9.58.